The smallest absolute Gasteiger partial charge is 0.186 e. The van der Waals surface area contributed by atoms with Crippen LogP contribution in [0.3, 0.4) is 0 Å². The Balaban J connectivity index is 1.74. The summed E-state index contributed by atoms with van der Waals surface area (Å²) in [7, 11) is 4.14. The van der Waals surface area contributed by atoms with E-state index in [9.17, 15) is 4.79 Å². The summed E-state index contributed by atoms with van der Waals surface area (Å²) in [6, 6.07) is 6.43. The predicted octanol–water partition coefficient (Wildman–Crippen LogP) is 4.60. The molecule has 0 saturated heterocycles. The topological polar surface area (TPSA) is 45.3 Å². The van der Waals surface area contributed by atoms with E-state index < -0.39 is 0 Å². The van der Waals surface area contributed by atoms with E-state index in [1.807, 2.05) is 18.2 Å². The average molecular weight is 377 g/mol. The minimum atomic E-state index is -0.0811. The second-order valence-electron chi connectivity index (χ2n) is 7.89. The molecule has 1 N–H and O–H groups in total. The number of aromatic amines is 1. The quantitative estimate of drug-likeness (QED) is 0.592. The van der Waals surface area contributed by atoms with Crippen molar-refractivity contribution in [2.45, 2.75) is 25.4 Å². The molecule has 1 aliphatic carbocycles. The number of allylic oxidation sites excluding steroid dienone is 4. The molecule has 0 amide bonds. The highest BCUT2D eigenvalue weighted by Gasteiger charge is 2.24. The van der Waals surface area contributed by atoms with Gasteiger partial charge in [-0.2, -0.15) is 0 Å². The van der Waals surface area contributed by atoms with Crippen LogP contribution in [-0.4, -0.2) is 42.9 Å². The fourth-order valence-electron chi connectivity index (χ4n) is 3.99. The molecule has 2 heterocycles. The molecule has 2 unspecified atom stereocenters. The van der Waals surface area contributed by atoms with E-state index in [4.69, 9.17) is 4.74 Å². The van der Waals surface area contributed by atoms with Crippen molar-refractivity contribution in [2.24, 2.45) is 5.92 Å². The summed E-state index contributed by atoms with van der Waals surface area (Å²) in [6.45, 7) is 1.56. The largest absolute Gasteiger partial charge is 0.369 e. The number of hydrogen-bond acceptors (Lipinski definition) is 3. The first kappa shape index (κ1) is 18.9. The number of hydrogen-bond donors (Lipinski definition) is 1. The molecule has 4 rings (SSSR count). The van der Waals surface area contributed by atoms with Crippen LogP contribution >= 0.6 is 0 Å². The Kier molecular flexibility index (Phi) is 5.60. The zero-order valence-electron chi connectivity index (χ0n) is 16.7. The Hall–Kier alpha value is -2.43. The summed E-state index contributed by atoms with van der Waals surface area (Å²) in [5.41, 5.74) is 4.11. The molecule has 1 aromatic carbocycles. The molecule has 4 heteroatoms. The number of aromatic nitrogens is 1. The van der Waals surface area contributed by atoms with E-state index in [1.54, 1.807) is 0 Å². The molecule has 0 fully saturated rings. The molecular weight excluding hydrogens is 348 g/mol. The summed E-state index contributed by atoms with van der Waals surface area (Å²) < 4.78 is 5.91. The first-order chi connectivity index (χ1) is 13.6. The zero-order chi connectivity index (χ0) is 19.5. The first-order valence-electron chi connectivity index (χ1n) is 10.1. The molecule has 4 nitrogen and oxygen atoms in total. The van der Waals surface area contributed by atoms with Crippen molar-refractivity contribution in [3.05, 3.63) is 71.5 Å². The van der Waals surface area contributed by atoms with Gasteiger partial charge >= 0.3 is 0 Å². The summed E-state index contributed by atoms with van der Waals surface area (Å²) >= 11 is 0. The Labute approximate surface area is 166 Å². The minimum Gasteiger partial charge on any atom is -0.369 e. The third kappa shape index (κ3) is 3.89. The molecule has 1 aromatic heterocycles. The van der Waals surface area contributed by atoms with Crippen LogP contribution in [0.2, 0.25) is 0 Å². The molecule has 0 radical (unpaired) electrons. The zero-order valence-corrected chi connectivity index (χ0v) is 16.7. The van der Waals surface area contributed by atoms with Crippen molar-refractivity contribution in [3.8, 4) is 0 Å². The summed E-state index contributed by atoms with van der Waals surface area (Å²) in [5, 5.41) is 1.15. The van der Waals surface area contributed by atoms with Gasteiger partial charge in [-0.1, -0.05) is 42.5 Å². The number of likely N-dealkylation sites (N-methyl/N-ethyl adjacent to an activating group) is 1. The Bertz CT molecular complexity index is 949. The lowest BCUT2D eigenvalue weighted by Gasteiger charge is -2.19. The van der Waals surface area contributed by atoms with Crippen LogP contribution in [0.15, 0.2) is 54.7 Å². The molecule has 0 spiro atoms. The molecule has 0 saturated carbocycles. The van der Waals surface area contributed by atoms with Gasteiger partial charge in [0.1, 0.15) is 0 Å². The standard InChI is InChI=1S/C24H28N2O2/c1-26(2)14-13-19-20-16-18(22-10-6-7-15-28-22)11-12-21(20)25-23(19)24(27)17-8-4-3-5-9-17/h3-8,11-12,16-17,22,25H,9-10,13-15H2,1-2H3. The highest BCUT2D eigenvalue weighted by Crippen LogP contribution is 2.32. The number of fused-ring (bicyclic) bond motifs is 1. The van der Waals surface area contributed by atoms with Gasteiger partial charge in [-0.15, -0.1) is 0 Å². The average Bonchev–Trinajstić information content (AvgIpc) is 3.10. The van der Waals surface area contributed by atoms with Gasteiger partial charge in [0.15, 0.2) is 5.78 Å². The summed E-state index contributed by atoms with van der Waals surface area (Å²) in [6.07, 6.45) is 14.9. The maximum absolute atomic E-state index is 13.3. The molecular formula is C24H28N2O2. The number of rotatable bonds is 6. The number of benzene rings is 1. The molecule has 146 valence electrons. The fraction of sp³-hybridized carbons (Fsp3) is 0.375. The van der Waals surface area contributed by atoms with Gasteiger partial charge < -0.3 is 14.6 Å². The van der Waals surface area contributed by atoms with E-state index >= 15 is 0 Å². The molecule has 2 atom stereocenters. The number of nitrogens with zero attached hydrogens (tertiary/aromatic N) is 1. The summed E-state index contributed by atoms with van der Waals surface area (Å²) in [4.78, 5) is 18.9. The Morgan fingerprint density at radius 2 is 2.07 bits per heavy atom. The first-order valence-corrected chi connectivity index (χ1v) is 10.1. The molecule has 28 heavy (non-hydrogen) atoms. The van der Waals surface area contributed by atoms with Crippen LogP contribution in [0.4, 0.5) is 0 Å². The van der Waals surface area contributed by atoms with Crippen LogP contribution in [0, 0.1) is 5.92 Å². The van der Waals surface area contributed by atoms with Crippen LogP contribution in [0.5, 0.6) is 0 Å². The number of carbonyl (C=O) groups excluding carboxylic acids is 1. The molecule has 2 aromatic rings. The lowest BCUT2D eigenvalue weighted by Crippen LogP contribution is -2.19. The van der Waals surface area contributed by atoms with Crippen LogP contribution in [-0.2, 0) is 11.2 Å². The van der Waals surface area contributed by atoms with Gasteiger partial charge in [-0.05, 0) is 56.6 Å². The fourth-order valence-corrected chi connectivity index (χ4v) is 3.99. The van der Waals surface area contributed by atoms with E-state index in [1.165, 1.54) is 5.56 Å². The number of nitrogens with one attached hydrogen (secondary N) is 1. The SMILES string of the molecule is CN(C)CCc1c(C(=O)C2C=CC=CC2)[nH]c2ccc(C3CC=CCO3)cc12. The maximum Gasteiger partial charge on any atom is 0.186 e. The second kappa shape index (κ2) is 8.29. The summed E-state index contributed by atoms with van der Waals surface area (Å²) in [5.74, 6) is 0.103. The van der Waals surface area contributed by atoms with Gasteiger partial charge in [-0.3, -0.25) is 4.79 Å². The monoisotopic (exact) mass is 376 g/mol. The number of H-pyrrole nitrogens is 1. The number of carbonyl (C=O) groups is 1. The molecule has 2 aliphatic rings. The molecule has 1 aliphatic heterocycles. The highest BCUT2D eigenvalue weighted by atomic mass is 16.5. The van der Waals surface area contributed by atoms with Gasteiger partial charge in [0.05, 0.1) is 18.4 Å². The van der Waals surface area contributed by atoms with Crippen molar-refractivity contribution in [1.82, 2.24) is 9.88 Å². The van der Waals surface area contributed by atoms with Crippen molar-refractivity contribution in [1.29, 1.82) is 0 Å². The highest BCUT2D eigenvalue weighted by molar-refractivity contribution is 6.04. The van der Waals surface area contributed by atoms with E-state index in [2.05, 4.69) is 60.4 Å². The second-order valence-corrected chi connectivity index (χ2v) is 7.89. The van der Waals surface area contributed by atoms with Gasteiger partial charge in [0.25, 0.3) is 0 Å². The molecule has 0 bridgehead atoms. The van der Waals surface area contributed by atoms with Gasteiger partial charge in [0.2, 0.25) is 0 Å². The minimum absolute atomic E-state index is 0.0811. The third-order valence-corrected chi connectivity index (χ3v) is 5.59. The van der Waals surface area contributed by atoms with Crippen LogP contribution in [0.25, 0.3) is 10.9 Å². The normalized spacial score (nSPS) is 21.7. The maximum atomic E-state index is 13.3. The number of Topliss-reactive ketones (excluding diaryl/α,β-unsaturated/α-hetero) is 1. The van der Waals surface area contributed by atoms with E-state index in [0.717, 1.165) is 48.0 Å². The Morgan fingerprint density at radius 1 is 1.18 bits per heavy atom. The van der Waals surface area contributed by atoms with Crippen molar-refractivity contribution >= 4 is 16.7 Å². The Morgan fingerprint density at radius 3 is 2.79 bits per heavy atom. The number of ether oxygens (including phenoxy) is 1. The van der Waals surface area contributed by atoms with Crippen LogP contribution < -0.4 is 0 Å². The van der Waals surface area contributed by atoms with Gasteiger partial charge in [0, 0.05) is 23.4 Å². The van der Waals surface area contributed by atoms with Crippen LogP contribution in [0.1, 0.15) is 40.6 Å². The van der Waals surface area contributed by atoms with E-state index in [-0.39, 0.29) is 17.8 Å². The predicted molar refractivity (Wildman–Crippen MR) is 114 cm³/mol. The van der Waals surface area contributed by atoms with Gasteiger partial charge in [-0.25, -0.2) is 0 Å². The lowest BCUT2D eigenvalue weighted by molar-refractivity contribution is 0.0678. The van der Waals surface area contributed by atoms with Crippen molar-refractivity contribution in [2.75, 3.05) is 27.2 Å². The lowest BCUT2D eigenvalue weighted by atomic mass is 9.91. The third-order valence-electron chi connectivity index (χ3n) is 5.59. The van der Waals surface area contributed by atoms with Crippen molar-refractivity contribution in [3.63, 3.8) is 0 Å². The number of ketones is 1. The van der Waals surface area contributed by atoms with E-state index in [0.29, 0.717) is 6.61 Å². The van der Waals surface area contributed by atoms with Crippen molar-refractivity contribution < 1.29 is 9.53 Å².